The van der Waals surface area contributed by atoms with Crippen molar-refractivity contribution >= 4 is 40.6 Å². The SMILES string of the molecule is CC[C@@H](C)Oc1c(Cl)cc(/C=C2\SC(=O)N(Cc3ccccc3)C2=O)cc1OC. The van der Waals surface area contributed by atoms with Gasteiger partial charge in [-0.25, -0.2) is 0 Å². The zero-order valence-electron chi connectivity index (χ0n) is 16.5. The number of ether oxygens (including phenoxy) is 2. The van der Waals surface area contributed by atoms with Crippen molar-refractivity contribution in [3.05, 3.63) is 63.5 Å². The van der Waals surface area contributed by atoms with Gasteiger partial charge in [-0.05, 0) is 54.4 Å². The predicted octanol–water partition coefficient (Wildman–Crippen LogP) is 5.76. The van der Waals surface area contributed by atoms with Crippen molar-refractivity contribution in [3.63, 3.8) is 0 Å². The van der Waals surface area contributed by atoms with E-state index >= 15 is 0 Å². The second-order valence-electron chi connectivity index (χ2n) is 6.62. The minimum atomic E-state index is -0.320. The van der Waals surface area contributed by atoms with Gasteiger partial charge in [0.2, 0.25) is 0 Å². The van der Waals surface area contributed by atoms with E-state index in [0.29, 0.717) is 27.0 Å². The first-order valence-corrected chi connectivity index (χ1v) is 10.5. The molecule has 2 amide bonds. The summed E-state index contributed by atoms with van der Waals surface area (Å²) in [7, 11) is 1.53. The number of rotatable bonds is 7. The summed E-state index contributed by atoms with van der Waals surface area (Å²) in [4.78, 5) is 26.7. The smallest absolute Gasteiger partial charge is 0.293 e. The van der Waals surface area contributed by atoms with Crippen LogP contribution in [0.3, 0.4) is 0 Å². The van der Waals surface area contributed by atoms with E-state index < -0.39 is 0 Å². The Labute approximate surface area is 179 Å². The van der Waals surface area contributed by atoms with E-state index in [1.807, 2.05) is 44.2 Å². The molecule has 5 nitrogen and oxygen atoms in total. The lowest BCUT2D eigenvalue weighted by Gasteiger charge is -2.17. The summed E-state index contributed by atoms with van der Waals surface area (Å²) in [6.07, 6.45) is 2.47. The summed E-state index contributed by atoms with van der Waals surface area (Å²) in [5, 5.41) is 0.0966. The molecule has 0 aliphatic carbocycles. The van der Waals surface area contributed by atoms with E-state index in [1.165, 1.54) is 12.0 Å². The Morgan fingerprint density at radius 1 is 1.21 bits per heavy atom. The summed E-state index contributed by atoms with van der Waals surface area (Å²) >= 11 is 7.31. The van der Waals surface area contributed by atoms with Crippen LogP contribution in [-0.4, -0.2) is 29.3 Å². The van der Waals surface area contributed by atoms with Gasteiger partial charge in [-0.1, -0.05) is 48.9 Å². The Morgan fingerprint density at radius 2 is 1.93 bits per heavy atom. The normalized spacial score (nSPS) is 16.4. The lowest BCUT2D eigenvalue weighted by atomic mass is 10.1. The number of hydrogen-bond acceptors (Lipinski definition) is 5. The summed E-state index contributed by atoms with van der Waals surface area (Å²) in [5.74, 6) is 0.629. The lowest BCUT2D eigenvalue weighted by molar-refractivity contribution is -0.123. The van der Waals surface area contributed by atoms with E-state index in [0.717, 1.165) is 23.7 Å². The van der Waals surface area contributed by atoms with E-state index in [1.54, 1.807) is 18.2 Å². The Kier molecular flexibility index (Phi) is 6.87. The molecule has 0 spiro atoms. The monoisotopic (exact) mass is 431 g/mol. The molecule has 0 unspecified atom stereocenters. The molecule has 1 fully saturated rings. The second kappa shape index (κ2) is 9.37. The minimum absolute atomic E-state index is 0.0123. The first-order valence-electron chi connectivity index (χ1n) is 9.26. The molecule has 0 N–H and O–H groups in total. The Balaban J connectivity index is 1.85. The number of thioether (sulfide) groups is 1. The molecule has 1 aliphatic rings. The van der Waals surface area contributed by atoms with Crippen molar-refractivity contribution < 1.29 is 19.1 Å². The molecule has 1 atom stereocenters. The van der Waals surface area contributed by atoms with Gasteiger partial charge in [0, 0.05) is 0 Å². The molecule has 1 saturated heterocycles. The average Bonchev–Trinajstić information content (AvgIpc) is 2.97. The molecule has 1 heterocycles. The van der Waals surface area contributed by atoms with Crippen LogP contribution >= 0.6 is 23.4 Å². The molecular weight excluding hydrogens is 410 g/mol. The van der Waals surface area contributed by atoms with Gasteiger partial charge in [-0.2, -0.15) is 0 Å². The largest absolute Gasteiger partial charge is 0.493 e. The van der Waals surface area contributed by atoms with Crippen LogP contribution in [0.15, 0.2) is 47.4 Å². The summed E-state index contributed by atoms with van der Waals surface area (Å²) in [6.45, 7) is 4.21. The van der Waals surface area contributed by atoms with Crippen molar-refractivity contribution in [2.45, 2.75) is 32.9 Å². The first kappa shape index (κ1) is 21.3. The summed E-state index contributed by atoms with van der Waals surface area (Å²) in [5.41, 5.74) is 1.56. The number of imide groups is 1. The maximum atomic E-state index is 12.7. The standard InChI is InChI=1S/C22H22ClNO4S/c1-4-14(2)28-20-17(23)10-16(11-18(20)27-3)12-19-21(25)24(22(26)29-19)13-15-8-6-5-7-9-15/h5-12,14H,4,13H2,1-3H3/b19-12-/t14-/m1/s1. The third-order valence-electron chi connectivity index (χ3n) is 4.50. The van der Waals surface area contributed by atoms with E-state index in [-0.39, 0.29) is 23.8 Å². The van der Waals surface area contributed by atoms with E-state index in [9.17, 15) is 9.59 Å². The molecule has 0 radical (unpaired) electrons. The maximum absolute atomic E-state index is 12.7. The van der Waals surface area contributed by atoms with Gasteiger partial charge < -0.3 is 9.47 Å². The molecule has 2 aromatic carbocycles. The fraction of sp³-hybridized carbons (Fsp3) is 0.273. The Morgan fingerprint density at radius 3 is 2.59 bits per heavy atom. The average molecular weight is 432 g/mol. The molecular formula is C22H22ClNO4S. The van der Waals surface area contributed by atoms with Crippen LogP contribution in [0, 0.1) is 0 Å². The predicted molar refractivity (Wildman–Crippen MR) is 116 cm³/mol. The highest BCUT2D eigenvalue weighted by molar-refractivity contribution is 8.18. The highest BCUT2D eigenvalue weighted by Crippen LogP contribution is 2.39. The molecule has 0 aromatic heterocycles. The number of amides is 2. The van der Waals surface area contributed by atoms with Gasteiger partial charge in [0.05, 0.1) is 29.7 Å². The van der Waals surface area contributed by atoms with Gasteiger partial charge in [0.15, 0.2) is 11.5 Å². The van der Waals surface area contributed by atoms with E-state index in [4.69, 9.17) is 21.1 Å². The molecule has 2 aromatic rings. The number of carbonyl (C=O) groups excluding carboxylic acids is 2. The quantitative estimate of drug-likeness (QED) is 0.521. The van der Waals surface area contributed by atoms with Crippen LogP contribution in [0.1, 0.15) is 31.4 Å². The second-order valence-corrected chi connectivity index (χ2v) is 8.02. The number of carbonyl (C=O) groups is 2. The Hall–Kier alpha value is -2.44. The van der Waals surface area contributed by atoms with Gasteiger partial charge in [-0.15, -0.1) is 0 Å². The highest BCUT2D eigenvalue weighted by atomic mass is 35.5. The van der Waals surface area contributed by atoms with Crippen LogP contribution in [-0.2, 0) is 11.3 Å². The van der Waals surface area contributed by atoms with E-state index in [2.05, 4.69) is 0 Å². The molecule has 3 rings (SSSR count). The number of nitrogens with zero attached hydrogens (tertiary/aromatic N) is 1. The number of benzene rings is 2. The number of hydrogen-bond donors (Lipinski definition) is 0. The topological polar surface area (TPSA) is 55.8 Å². The fourth-order valence-corrected chi connectivity index (χ4v) is 3.88. The van der Waals surface area contributed by atoms with Crippen molar-refractivity contribution in [3.8, 4) is 11.5 Å². The van der Waals surface area contributed by atoms with Gasteiger partial charge >= 0.3 is 0 Å². The van der Waals surface area contributed by atoms with Gasteiger partial charge in [-0.3, -0.25) is 14.5 Å². The fourth-order valence-electron chi connectivity index (χ4n) is 2.78. The summed E-state index contributed by atoms with van der Waals surface area (Å²) in [6, 6.07) is 12.9. The van der Waals surface area contributed by atoms with Gasteiger partial charge in [0.25, 0.3) is 11.1 Å². The summed E-state index contributed by atoms with van der Waals surface area (Å²) < 4.78 is 11.3. The molecule has 7 heteroatoms. The van der Waals surface area contributed by atoms with Gasteiger partial charge in [0.1, 0.15) is 0 Å². The number of methoxy groups -OCH3 is 1. The minimum Gasteiger partial charge on any atom is -0.493 e. The number of halogens is 1. The highest BCUT2D eigenvalue weighted by Gasteiger charge is 2.35. The molecule has 152 valence electrons. The lowest BCUT2D eigenvalue weighted by Crippen LogP contribution is -2.27. The zero-order valence-corrected chi connectivity index (χ0v) is 18.0. The molecule has 29 heavy (non-hydrogen) atoms. The molecule has 0 saturated carbocycles. The third kappa shape index (κ3) is 4.95. The zero-order chi connectivity index (χ0) is 21.0. The van der Waals surface area contributed by atoms with Crippen LogP contribution in [0.4, 0.5) is 4.79 Å². The van der Waals surface area contributed by atoms with Crippen molar-refractivity contribution in [2.24, 2.45) is 0 Å². The Bertz CT molecular complexity index is 945. The maximum Gasteiger partial charge on any atom is 0.293 e. The van der Waals surface area contributed by atoms with Crippen LogP contribution in [0.25, 0.3) is 6.08 Å². The molecule has 1 aliphatic heterocycles. The molecule has 0 bridgehead atoms. The van der Waals surface area contributed by atoms with Crippen molar-refractivity contribution in [2.75, 3.05) is 7.11 Å². The van der Waals surface area contributed by atoms with Crippen LogP contribution in [0.2, 0.25) is 5.02 Å². The first-order chi connectivity index (χ1) is 13.9. The van der Waals surface area contributed by atoms with Crippen molar-refractivity contribution in [1.29, 1.82) is 0 Å². The third-order valence-corrected chi connectivity index (χ3v) is 5.69. The van der Waals surface area contributed by atoms with Crippen LogP contribution < -0.4 is 9.47 Å². The van der Waals surface area contributed by atoms with Crippen LogP contribution in [0.5, 0.6) is 11.5 Å². The van der Waals surface area contributed by atoms with Crippen molar-refractivity contribution in [1.82, 2.24) is 4.90 Å².